The van der Waals surface area contributed by atoms with E-state index in [0.717, 1.165) is 16.5 Å². The first-order valence-electron chi connectivity index (χ1n) is 11.9. The van der Waals surface area contributed by atoms with Gasteiger partial charge >= 0.3 is 5.97 Å². The monoisotopic (exact) mass is 542 g/mol. The number of hydrogen-bond acceptors (Lipinski definition) is 8. The molecule has 3 rings (SSSR count). The van der Waals surface area contributed by atoms with Gasteiger partial charge in [-0.15, -0.1) is 0 Å². The Labute approximate surface area is 221 Å². The fourth-order valence-electron chi connectivity index (χ4n) is 3.87. The summed E-state index contributed by atoms with van der Waals surface area (Å²) in [4.78, 5) is 70.9. The first kappa shape index (κ1) is 28.8. The van der Waals surface area contributed by atoms with Crippen LogP contribution in [0.5, 0.6) is 0 Å². The van der Waals surface area contributed by atoms with Crippen molar-refractivity contribution in [1.29, 1.82) is 0 Å². The molecule has 15 heteroatoms. The first-order chi connectivity index (χ1) is 18.6. The van der Waals surface area contributed by atoms with Crippen molar-refractivity contribution in [3.8, 4) is 0 Å². The van der Waals surface area contributed by atoms with E-state index in [2.05, 4.69) is 30.9 Å². The molecule has 4 atom stereocenters. The molecule has 208 valence electrons. The Morgan fingerprint density at radius 1 is 0.923 bits per heavy atom. The molecule has 0 aliphatic heterocycles. The van der Waals surface area contributed by atoms with Crippen molar-refractivity contribution in [3.05, 3.63) is 54.2 Å². The van der Waals surface area contributed by atoms with E-state index in [-0.39, 0.29) is 12.8 Å². The van der Waals surface area contributed by atoms with Gasteiger partial charge < -0.3 is 47.6 Å². The lowest BCUT2D eigenvalue weighted by Crippen LogP contribution is -2.58. The number of aliphatic hydroxyl groups excluding tert-OH is 1. The van der Waals surface area contributed by atoms with Gasteiger partial charge in [-0.2, -0.15) is 0 Å². The molecule has 0 bridgehead atoms. The molecule has 11 N–H and O–H groups in total. The number of fused-ring (bicyclic) bond motifs is 1. The summed E-state index contributed by atoms with van der Waals surface area (Å²) in [5.74, 6) is -5.03. The maximum Gasteiger partial charge on any atom is 0.326 e. The van der Waals surface area contributed by atoms with Crippen LogP contribution in [0.2, 0.25) is 0 Å². The van der Waals surface area contributed by atoms with Gasteiger partial charge in [-0.25, -0.2) is 9.78 Å². The lowest BCUT2D eigenvalue weighted by Gasteiger charge is -2.24. The average molecular weight is 543 g/mol. The molecular weight excluding hydrogens is 512 g/mol. The van der Waals surface area contributed by atoms with Gasteiger partial charge in [0.25, 0.3) is 0 Å². The highest BCUT2D eigenvalue weighted by Crippen LogP contribution is 2.18. The molecule has 0 saturated heterocycles. The van der Waals surface area contributed by atoms with Gasteiger partial charge in [0.1, 0.15) is 18.1 Å². The molecule has 0 radical (unpaired) electrons. The van der Waals surface area contributed by atoms with Crippen LogP contribution in [-0.2, 0) is 36.8 Å². The zero-order valence-corrected chi connectivity index (χ0v) is 20.7. The molecule has 2 heterocycles. The number of carboxylic acid groups (broad SMARTS) is 1. The van der Waals surface area contributed by atoms with Crippen LogP contribution in [0.25, 0.3) is 10.9 Å². The van der Waals surface area contributed by atoms with Crippen LogP contribution in [-0.4, -0.2) is 85.5 Å². The number of primary amides is 1. The van der Waals surface area contributed by atoms with Gasteiger partial charge in [-0.05, 0) is 18.1 Å². The van der Waals surface area contributed by atoms with Crippen molar-refractivity contribution < 1.29 is 34.2 Å². The molecule has 0 spiro atoms. The summed E-state index contributed by atoms with van der Waals surface area (Å²) < 4.78 is 0. The largest absolute Gasteiger partial charge is 0.480 e. The number of aromatic nitrogens is 3. The number of aromatic amines is 2. The maximum atomic E-state index is 12.9. The Morgan fingerprint density at radius 3 is 2.23 bits per heavy atom. The van der Waals surface area contributed by atoms with Gasteiger partial charge in [0.2, 0.25) is 23.6 Å². The zero-order chi connectivity index (χ0) is 28.5. The van der Waals surface area contributed by atoms with E-state index < -0.39 is 66.8 Å². The van der Waals surface area contributed by atoms with Gasteiger partial charge in [0.15, 0.2) is 0 Å². The molecule has 39 heavy (non-hydrogen) atoms. The summed E-state index contributed by atoms with van der Waals surface area (Å²) >= 11 is 0. The minimum absolute atomic E-state index is 0.146. The highest BCUT2D eigenvalue weighted by molar-refractivity contribution is 5.95. The maximum absolute atomic E-state index is 12.9. The minimum Gasteiger partial charge on any atom is -0.480 e. The summed E-state index contributed by atoms with van der Waals surface area (Å²) in [7, 11) is 0. The number of imidazole rings is 1. The number of nitrogens with zero attached hydrogens (tertiary/aromatic N) is 1. The van der Waals surface area contributed by atoms with E-state index in [9.17, 15) is 34.2 Å². The van der Waals surface area contributed by atoms with Gasteiger partial charge in [-0.3, -0.25) is 19.2 Å². The topological polar surface area (TPSA) is 258 Å². The van der Waals surface area contributed by atoms with Crippen LogP contribution >= 0.6 is 0 Å². The quantitative estimate of drug-likeness (QED) is 0.103. The predicted octanol–water partition coefficient (Wildman–Crippen LogP) is -2.59. The second-order valence-corrected chi connectivity index (χ2v) is 8.83. The number of hydrogen-bond donors (Lipinski definition) is 9. The zero-order valence-electron chi connectivity index (χ0n) is 20.7. The van der Waals surface area contributed by atoms with E-state index in [0.29, 0.717) is 5.69 Å². The number of para-hydroxylation sites is 1. The van der Waals surface area contributed by atoms with Crippen molar-refractivity contribution in [2.24, 2.45) is 11.5 Å². The fourth-order valence-corrected chi connectivity index (χ4v) is 3.87. The Morgan fingerprint density at radius 2 is 1.59 bits per heavy atom. The van der Waals surface area contributed by atoms with E-state index in [4.69, 9.17) is 11.5 Å². The fraction of sp³-hybridized carbons (Fsp3) is 0.333. The highest BCUT2D eigenvalue weighted by atomic mass is 16.4. The number of aliphatic carboxylic acids is 1. The van der Waals surface area contributed by atoms with Crippen LogP contribution in [0.1, 0.15) is 17.7 Å². The Kier molecular flexibility index (Phi) is 9.72. The lowest BCUT2D eigenvalue weighted by molar-refractivity contribution is -0.143. The van der Waals surface area contributed by atoms with Gasteiger partial charge in [0, 0.05) is 35.4 Å². The minimum atomic E-state index is -1.63. The molecule has 0 aliphatic rings. The molecule has 0 saturated carbocycles. The molecule has 3 aromatic rings. The number of carbonyl (C=O) groups excluding carboxylic acids is 4. The van der Waals surface area contributed by atoms with Gasteiger partial charge in [0.05, 0.1) is 25.4 Å². The lowest BCUT2D eigenvalue weighted by atomic mass is 10.0. The van der Waals surface area contributed by atoms with Crippen LogP contribution in [0.4, 0.5) is 0 Å². The third kappa shape index (κ3) is 7.86. The molecule has 4 unspecified atom stereocenters. The molecule has 0 fully saturated rings. The SMILES string of the molecule is NC(=O)CC(NC(=O)C(Cc1cnc[nH]1)NC(=O)C(CO)NC(=O)C(N)Cc1c[nH]c2ccccc12)C(=O)O. The summed E-state index contributed by atoms with van der Waals surface area (Å²) in [6, 6.07) is 1.94. The molecule has 4 amide bonds. The normalized spacial score (nSPS) is 14.1. The number of nitrogens with one attached hydrogen (secondary N) is 5. The van der Waals surface area contributed by atoms with Crippen LogP contribution < -0.4 is 27.4 Å². The smallest absolute Gasteiger partial charge is 0.326 e. The van der Waals surface area contributed by atoms with E-state index in [1.807, 2.05) is 24.3 Å². The number of aliphatic hydroxyl groups is 1. The molecule has 0 aliphatic carbocycles. The number of nitrogens with two attached hydrogens (primary N) is 2. The second-order valence-electron chi connectivity index (χ2n) is 8.83. The third-order valence-corrected chi connectivity index (χ3v) is 5.90. The second kappa shape index (κ2) is 13.2. The summed E-state index contributed by atoms with van der Waals surface area (Å²) in [6.07, 6.45) is 3.79. The molecule has 2 aromatic heterocycles. The number of rotatable bonds is 14. The highest BCUT2D eigenvalue weighted by Gasteiger charge is 2.31. The predicted molar refractivity (Wildman–Crippen MR) is 137 cm³/mol. The Balaban J connectivity index is 1.67. The summed E-state index contributed by atoms with van der Waals surface area (Å²) in [5.41, 5.74) is 13.2. The average Bonchev–Trinajstić information content (AvgIpc) is 3.56. The third-order valence-electron chi connectivity index (χ3n) is 5.90. The van der Waals surface area contributed by atoms with Crippen molar-refractivity contribution in [1.82, 2.24) is 30.9 Å². The van der Waals surface area contributed by atoms with E-state index in [1.165, 1.54) is 12.5 Å². The number of H-pyrrole nitrogens is 2. The molecular formula is C24H30N8O7. The molecule has 1 aromatic carbocycles. The first-order valence-corrected chi connectivity index (χ1v) is 11.9. The van der Waals surface area contributed by atoms with Crippen molar-refractivity contribution in [2.45, 2.75) is 43.4 Å². The van der Waals surface area contributed by atoms with Gasteiger partial charge in [-0.1, -0.05) is 18.2 Å². The van der Waals surface area contributed by atoms with Crippen molar-refractivity contribution in [2.75, 3.05) is 6.61 Å². The van der Waals surface area contributed by atoms with E-state index in [1.54, 1.807) is 6.20 Å². The summed E-state index contributed by atoms with van der Waals surface area (Å²) in [6.45, 7) is -0.810. The van der Waals surface area contributed by atoms with Crippen LogP contribution in [0.3, 0.4) is 0 Å². The Bertz CT molecular complexity index is 1320. The Hall–Kier alpha value is -4.76. The number of carboxylic acids is 1. The van der Waals surface area contributed by atoms with Crippen LogP contribution in [0, 0.1) is 0 Å². The number of amides is 4. The van der Waals surface area contributed by atoms with Crippen molar-refractivity contribution >= 4 is 40.5 Å². The summed E-state index contributed by atoms with van der Waals surface area (Å²) in [5, 5.41) is 26.9. The number of benzene rings is 1. The van der Waals surface area contributed by atoms with Crippen LogP contribution in [0.15, 0.2) is 43.0 Å². The standard InChI is InChI=1S/C24H30N8O7/c25-15(5-12-8-28-16-4-2-1-3-14(12)16)21(35)32-19(10-33)23(37)30-17(6-13-9-27-11-29-13)22(36)31-18(24(38)39)7-20(26)34/h1-4,8-9,11,15,17-19,28,33H,5-7,10,25H2,(H2,26,34)(H,27,29)(H,30,37)(H,31,36)(H,32,35)(H,38,39). The number of carbonyl (C=O) groups is 5. The van der Waals surface area contributed by atoms with E-state index >= 15 is 0 Å². The molecule has 15 nitrogen and oxygen atoms in total. The van der Waals surface area contributed by atoms with Crippen molar-refractivity contribution in [3.63, 3.8) is 0 Å².